The van der Waals surface area contributed by atoms with Crippen molar-refractivity contribution in [3.8, 4) is 12.3 Å². The molecule has 2 aromatic rings. The Morgan fingerprint density at radius 2 is 2.26 bits per heavy atom. The van der Waals surface area contributed by atoms with Gasteiger partial charge in [0.15, 0.2) is 18.0 Å². The number of alkyl halides is 1. The van der Waals surface area contributed by atoms with E-state index in [2.05, 4.69) is 9.97 Å². The van der Waals surface area contributed by atoms with E-state index in [1.807, 2.05) is 5.92 Å². The highest BCUT2D eigenvalue weighted by Gasteiger charge is 2.64. The molecule has 0 unspecified atom stereocenters. The molecule has 8 nitrogen and oxygen atoms in total. The fraction of sp³-hybridized carbons (Fsp3) is 0.385. The zero-order valence-electron chi connectivity index (χ0n) is 11.5. The van der Waals surface area contributed by atoms with Crippen molar-refractivity contribution in [2.45, 2.75) is 23.8 Å². The first-order valence-corrected chi connectivity index (χ1v) is 6.41. The molecule has 3 rings (SSSR count). The normalized spacial score (nSPS) is 33.9. The van der Waals surface area contributed by atoms with Crippen LogP contribution in [0.4, 0.5) is 14.5 Å². The molecule has 3 heterocycles. The summed E-state index contributed by atoms with van der Waals surface area (Å²) in [5.74, 6) is -2.11. The van der Waals surface area contributed by atoms with Crippen molar-refractivity contribution in [2.24, 2.45) is 0 Å². The summed E-state index contributed by atoms with van der Waals surface area (Å²) in [6.45, 7) is -1.26. The van der Waals surface area contributed by atoms with E-state index in [4.69, 9.17) is 22.0 Å². The Kier molecular flexibility index (Phi) is 3.27. The van der Waals surface area contributed by atoms with Gasteiger partial charge in [0.05, 0.1) is 12.0 Å². The minimum absolute atomic E-state index is 0.0392. The Bertz CT molecular complexity index is 822. The highest BCUT2D eigenvalue weighted by atomic mass is 19.2. The largest absolute Gasteiger partial charge is 0.397 e. The van der Waals surface area contributed by atoms with E-state index >= 15 is 0 Å². The number of terminal acetylenes is 1. The van der Waals surface area contributed by atoms with Gasteiger partial charge in [-0.05, 0) is 0 Å². The van der Waals surface area contributed by atoms with Crippen LogP contribution in [-0.4, -0.2) is 54.0 Å². The number of nitrogens with two attached hydrogens (primary N) is 1. The average Bonchev–Trinajstić information content (AvgIpc) is 3.01. The number of pyridine rings is 1. The molecular formula is C13H12F2N4O4. The van der Waals surface area contributed by atoms with Gasteiger partial charge in [0, 0.05) is 6.07 Å². The molecule has 2 aromatic heterocycles. The van der Waals surface area contributed by atoms with Gasteiger partial charge in [-0.3, -0.25) is 4.57 Å². The average molecular weight is 326 g/mol. The summed E-state index contributed by atoms with van der Waals surface area (Å²) in [6, 6.07) is 0.935. The third-order valence-corrected chi connectivity index (χ3v) is 3.74. The maximum absolute atomic E-state index is 14.4. The third-order valence-electron chi connectivity index (χ3n) is 3.74. The van der Waals surface area contributed by atoms with Crippen molar-refractivity contribution in [3.05, 3.63) is 18.3 Å². The predicted molar refractivity (Wildman–Crippen MR) is 72.7 cm³/mol. The standard InChI is InChI=1S/C13H12F2N4O4/c1-2-12(22)10(21)13(15,4-20)23-11(12)19-5-17-8-6(16)3-7(14)18-9(8)19/h1,3,5,10-11,20-22H,4H2,(H2,16,18)/t10-,11+,12+,13+/m0/s1. The summed E-state index contributed by atoms with van der Waals surface area (Å²) in [6.07, 6.45) is 2.28. The van der Waals surface area contributed by atoms with Gasteiger partial charge in [0.2, 0.25) is 11.5 Å². The summed E-state index contributed by atoms with van der Waals surface area (Å²) in [7, 11) is 0. The maximum atomic E-state index is 14.4. The van der Waals surface area contributed by atoms with Gasteiger partial charge in [-0.25, -0.2) is 9.37 Å². The number of anilines is 1. The van der Waals surface area contributed by atoms with E-state index in [1.54, 1.807) is 0 Å². The quantitative estimate of drug-likeness (QED) is 0.414. The van der Waals surface area contributed by atoms with Crippen LogP contribution in [0.3, 0.4) is 0 Å². The number of fused-ring (bicyclic) bond motifs is 1. The van der Waals surface area contributed by atoms with Crippen molar-refractivity contribution in [3.63, 3.8) is 0 Å². The van der Waals surface area contributed by atoms with Crippen LogP contribution in [0.15, 0.2) is 12.4 Å². The fourth-order valence-corrected chi connectivity index (χ4v) is 2.52. The molecule has 1 aliphatic rings. The highest BCUT2D eigenvalue weighted by Crippen LogP contribution is 2.45. The monoisotopic (exact) mass is 326 g/mol. The molecule has 0 radical (unpaired) electrons. The molecule has 122 valence electrons. The lowest BCUT2D eigenvalue weighted by Crippen LogP contribution is -2.49. The minimum atomic E-state index is -3.01. The number of aliphatic hydroxyl groups is 3. The molecule has 1 saturated heterocycles. The molecule has 0 spiro atoms. The Balaban J connectivity index is 2.20. The highest BCUT2D eigenvalue weighted by molar-refractivity contribution is 5.83. The predicted octanol–water partition coefficient (Wildman–Crippen LogP) is -0.935. The van der Waals surface area contributed by atoms with Crippen molar-refractivity contribution in [1.82, 2.24) is 14.5 Å². The van der Waals surface area contributed by atoms with Crippen LogP contribution in [-0.2, 0) is 4.74 Å². The molecular weight excluding hydrogens is 314 g/mol. The van der Waals surface area contributed by atoms with Crippen molar-refractivity contribution < 1.29 is 28.8 Å². The summed E-state index contributed by atoms with van der Waals surface area (Å²) < 4.78 is 33.7. The second kappa shape index (κ2) is 4.84. The summed E-state index contributed by atoms with van der Waals surface area (Å²) in [5, 5.41) is 29.4. The first kappa shape index (κ1) is 15.6. The van der Waals surface area contributed by atoms with Crippen molar-refractivity contribution in [1.29, 1.82) is 0 Å². The molecule has 10 heteroatoms. The summed E-state index contributed by atoms with van der Waals surface area (Å²) in [5.41, 5.74) is 2.93. The topological polar surface area (TPSA) is 127 Å². The Labute approximate surface area is 128 Å². The second-order valence-corrected chi connectivity index (χ2v) is 5.15. The van der Waals surface area contributed by atoms with Crippen molar-refractivity contribution in [2.75, 3.05) is 12.3 Å². The van der Waals surface area contributed by atoms with E-state index in [1.165, 1.54) is 0 Å². The number of aliphatic hydroxyl groups excluding tert-OH is 2. The molecule has 5 N–H and O–H groups in total. The maximum Gasteiger partial charge on any atom is 0.264 e. The minimum Gasteiger partial charge on any atom is -0.397 e. The zero-order chi connectivity index (χ0) is 17.0. The molecule has 4 atom stereocenters. The van der Waals surface area contributed by atoms with Crippen LogP contribution in [0.25, 0.3) is 11.2 Å². The number of hydrogen-bond donors (Lipinski definition) is 4. The zero-order valence-corrected chi connectivity index (χ0v) is 11.5. The van der Waals surface area contributed by atoms with Crippen molar-refractivity contribution >= 4 is 16.9 Å². The number of ether oxygens (including phenoxy) is 1. The van der Waals surface area contributed by atoms with Gasteiger partial charge >= 0.3 is 0 Å². The van der Waals surface area contributed by atoms with Gasteiger partial charge in [0.1, 0.15) is 12.1 Å². The van der Waals surface area contributed by atoms with Gasteiger partial charge in [-0.1, -0.05) is 5.92 Å². The molecule has 0 bridgehead atoms. The first-order valence-electron chi connectivity index (χ1n) is 6.41. The Morgan fingerprint density at radius 1 is 1.57 bits per heavy atom. The lowest BCUT2D eigenvalue weighted by molar-refractivity contribution is -0.206. The lowest BCUT2D eigenvalue weighted by atomic mass is 9.94. The van der Waals surface area contributed by atoms with Gasteiger partial charge in [0.25, 0.3) is 5.85 Å². The second-order valence-electron chi connectivity index (χ2n) is 5.15. The number of rotatable bonds is 2. The van der Waals surface area contributed by atoms with Crippen LogP contribution in [0.5, 0.6) is 0 Å². The van der Waals surface area contributed by atoms with E-state index in [-0.39, 0.29) is 16.9 Å². The molecule has 0 aromatic carbocycles. The molecule has 23 heavy (non-hydrogen) atoms. The molecule has 0 aliphatic carbocycles. The van der Waals surface area contributed by atoms with Crippen LogP contribution in [0.1, 0.15) is 6.23 Å². The molecule has 1 aliphatic heterocycles. The first-order chi connectivity index (χ1) is 10.8. The van der Waals surface area contributed by atoms with Gasteiger partial charge < -0.3 is 25.8 Å². The van der Waals surface area contributed by atoms with E-state index in [0.717, 1.165) is 17.0 Å². The smallest absolute Gasteiger partial charge is 0.264 e. The van der Waals surface area contributed by atoms with Gasteiger partial charge in [-0.2, -0.15) is 9.37 Å². The number of halogens is 2. The van der Waals surface area contributed by atoms with E-state index in [0.29, 0.717) is 0 Å². The van der Waals surface area contributed by atoms with E-state index in [9.17, 15) is 19.0 Å². The van der Waals surface area contributed by atoms with Crippen LogP contribution >= 0.6 is 0 Å². The number of nitrogen functional groups attached to an aromatic ring is 1. The van der Waals surface area contributed by atoms with Crippen LogP contribution < -0.4 is 5.73 Å². The third kappa shape index (κ3) is 1.98. The lowest BCUT2D eigenvalue weighted by Gasteiger charge is -2.26. The summed E-state index contributed by atoms with van der Waals surface area (Å²) in [4.78, 5) is 7.45. The fourth-order valence-electron chi connectivity index (χ4n) is 2.52. The van der Waals surface area contributed by atoms with Crippen LogP contribution in [0.2, 0.25) is 0 Å². The number of nitrogens with zero attached hydrogens (tertiary/aromatic N) is 3. The molecule has 0 saturated carbocycles. The molecule has 0 amide bonds. The number of hydrogen-bond acceptors (Lipinski definition) is 7. The number of aromatic nitrogens is 3. The summed E-state index contributed by atoms with van der Waals surface area (Å²) >= 11 is 0. The Hall–Kier alpha value is -2.32. The molecule has 1 fully saturated rings. The number of imidazole rings is 1. The van der Waals surface area contributed by atoms with E-state index < -0.39 is 36.3 Å². The van der Waals surface area contributed by atoms with Crippen LogP contribution in [0, 0.1) is 18.3 Å². The van der Waals surface area contributed by atoms with Gasteiger partial charge in [-0.15, -0.1) is 6.42 Å². The Morgan fingerprint density at radius 3 is 2.87 bits per heavy atom. The SMILES string of the molecule is C#C[C@]1(O)[C@H](n2cnc3c(N)cc(F)nc32)O[C@](F)(CO)[C@H]1O.